The van der Waals surface area contributed by atoms with Crippen molar-refractivity contribution in [1.29, 1.82) is 0 Å². The molecule has 1 aromatic carbocycles. The molecule has 4 nitrogen and oxygen atoms in total. The molecule has 0 aliphatic heterocycles. The monoisotopic (exact) mass is 419 g/mol. The Hall–Kier alpha value is -0.980. The van der Waals surface area contributed by atoms with Crippen LogP contribution in [0.3, 0.4) is 0 Å². The molecule has 0 amide bonds. The van der Waals surface area contributed by atoms with Gasteiger partial charge < -0.3 is 15.4 Å². The predicted molar refractivity (Wildman–Crippen MR) is 106 cm³/mol. The minimum atomic E-state index is 0. The first kappa shape index (κ1) is 21.0. The van der Waals surface area contributed by atoms with E-state index in [1.165, 1.54) is 5.56 Å². The van der Waals surface area contributed by atoms with E-state index in [-0.39, 0.29) is 24.0 Å². The Morgan fingerprint density at radius 3 is 2.50 bits per heavy atom. The van der Waals surface area contributed by atoms with Crippen molar-refractivity contribution < 1.29 is 4.74 Å². The summed E-state index contributed by atoms with van der Waals surface area (Å²) in [5.74, 6) is 2.26. The molecule has 22 heavy (non-hydrogen) atoms. The van der Waals surface area contributed by atoms with Gasteiger partial charge in [0, 0.05) is 13.1 Å². The number of halogens is 1. The summed E-state index contributed by atoms with van der Waals surface area (Å²) in [6, 6.07) is 8.63. The molecule has 0 aromatic heterocycles. The zero-order valence-corrected chi connectivity index (χ0v) is 16.7. The fourth-order valence-electron chi connectivity index (χ4n) is 1.95. The van der Waals surface area contributed by atoms with Crippen molar-refractivity contribution in [1.82, 2.24) is 10.6 Å². The summed E-state index contributed by atoms with van der Waals surface area (Å²) in [5, 5.41) is 6.60. The van der Waals surface area contributed by atoms with Crippen LogP contribution in [0.1, 0.15) is 45.6 Å². The fourth-order valence-corrected chi connectivity index (χ4v) is 1.95. The highest BCUT2D eigenvalue weighted by molar-refractivity contribution is 14.0. The number of ether oxygens (including phenoxy) is 1. The van der Waals surface area contributed by atoms with Crippen LogP contribution in [-0.4, -0.2) is 32.2 Å². The van der Waals surface area contributed by atoms with Gasteiger partial charge in [-0.1, -0.05) is 39.0 Å². The third-order valence-corrected chi connectivity index (χ3v) is 3.41. The lowest BCUT2D eigenvalue weighted by molar-refractivity contribution is 0.317. The van der Waals surface area contributed by atoms with Crippen molar-refractivity contribution in [3.05, 3.63) is 29.8 Å². The van der Waals surface area contributed by atoms with Crippen molar-refractivity contribution in [2.75, 3.05) is 20.2 Å². The predicted octanol–water partition coefficient (Wildman–Crippen LogP) is 3.77. The Kier molecular flexibility index (Phi) is 11.1. The number of hydrogen-bond donors (Lipinski definition) is 2. The molecule has 5 heteroatoms. The molecule has 0 radical (unpaired) electrons. The molecule has 2 N–H and O–H groups in total. The molecule has 0 aliphatic rings. The maximum absolute atomic E-state index is 5.88. The summed E-state index contributed by atoms with van der Waals surface area (Å²) in [6.07, 6.45) is 1.07. The molecule has 0 spiro atoms. The summed E-state index contributed by atoms with van der Waals surface area (Å²) < 4.78 is 5.88. The first-order chi connectivity index (χ1) is 10.1. The molecule has 126 valence electrons. The Bertz CT molecular complexity index is 449. The number of hydrogen-bond acceptors (Lipinski definition) is 2. The molecular formula is C17H30IN3O. The molecule has 1 rings (SSSR count). The number of guanidine groups is 1. The van der Waals surface area contributed by atoms with E-state index < -0.39 is 0 Å². The average molecular weight is 419 g/mol. The van der Waals surface area contributed by atoms with Crippen molar-refractivity contribution in [3.8, 4) is 5.75 Å². The lowest BCUT2D eigenvalue weighted by atomic mass is 10.0. The summed E-state index contributed by atoms with van der Waals surface area (Å²) in [6.45, 7) is 9.99. The molecule has 1 unspecified atom stereocenters. The molecule has 0 heterocycles. The second-order valence-electron chi connectivity index (χ2n) is 5.49. The number of rotatable bonds is 7. The summed E-state index contributed by atoms with van der Waals surface area (Å²) in [5.41, 5.74) is 1.25. The van der Waals surface area contributed by atoms with Crippen molar-refractivity contribution >= 4 is 29.9 Å². The van der Waals surface area contributed by atoms with Gasteiger partial charge in [-0.25, -0.2) is 0 Å². The topological polar surface area (TPSA) is 45.7 Å². The van der Waals surface area contributed by atoms with Crippen LogP contribution in [0.25, 0.3) is 0 Å². The SMILES string of the molecule is CCC(C)NC(=NC)NCCOc1ccccc1C(C)C.I. The molecule has 0 aliphatic carbocycles. The van der Waals surface area contributed by atoms with E-state index in [0.717, 1.165) is 24.7 Å². The standard InChI is InChI=1S/C17H29N3O.HI/c1-6-14(4)20-17(18-5)19-11-12-21-16-10-8-7-9-15(16)13(2)3;/h7-10,13-14H,6,11-12H2,1-5H3,(H2,18,19,20);1H. The number of nitrogens with zero attached hydrogens (tertiary/aromatic N) is 1. The van der Waals surface area contributed by atoms with E-state index in [1.807, 2.05) is 12.1 Å². The third kappa shape index (κ3) is 7.33. The van der Waals surface area contributed by atoms with Gasteiger partial charge in [0.25, 0.3) is 0 Å². The number of aliphatic imine (C=N–C) groups is 1. The van der Waals surface area contributed by atoms with E-state index >= 15 is 0 Å². The fraction of sp³-hybridized carbons (Fsp3) is 0.588. The van der Waals surface area contributed by atoms with E-state index in [2.05, 4.69) is 55.5 Å². The minimum absolute atomic E-state index is 0. The van der Waals surface area contributed by atoms with Gasteiger partial charge in [0.15, 0.2) is 5.96 Å². The third-order valence-electron chi connectivity index (χ3n) is 3.41. The second-order valence-corrected chi connectivity index (χ2v) is 5.49. The van der Waals surface area contributed by atoms with Gasteiger partial charge in [-0.15, -0.1) is 24.0 Å². The summed E-state index contributed by atoms with van der Waals surface area (Å²) in [4.78, 5) is 4.21. The Morgan fingerprint density at radius 2 is 1.91 bits per heavy atom. The highest BCUT2D eigenvalue weighted by Crippen LogP contribution is 2.25. The molecule has 0 saturated heterocycles. The average Bonchev–Trinajstić information content (AvgIpc) is 2.50. The number of nitrogens with one attached hydrogen (secondary N) is 2. The largest absolute Gasteiger partial charge is 0.491 e. The van der Waals surface area contributed by atoms with Gasteiger partial charge in [0.2, 0.25) is 0 Å². The van der Waals surface area contributed by atoms with Crippen molar-refractivity contribution in [2.24, 2.45) is 4.99 Å². The van der Waals surface area contributed by atoms with Gasteiger partial charge in [0.05, 0.1) is 6.54 Å². The Morgan fingerprint density at radius 1 is 1.23 bits per heavy atom. The minimum Gasteiger partial charge on any atom is -0.491 e. The van der Waals surface area contributed by atoms with E-state index in [9.17, 15) is 0 Å². The second kappa shape index (κ2) is 11.6. The highest BCUT2D eigenvalue weighted by Gasteiger charge is 2.07. The van der Waals surface area contributed by atoms with Gasteiger partial charge in [0.1, 0.15) is 12.4 Å². The maximum atomic E-state index is 5.88. The summed E-state index contributed by atoms with van der Waals surface area (Å²) in [7, 11) is 1.78. The Balaban J connectivity index is 0.00000441. The van der Waals surface area contributed by atoms with Gasteiger partial charge >= 0.3 is 0 Å². The van der Waals surface area contributed by atoms with Crippen molar-refractivity contribution in [3.63, 3.8) is 0 Å². The van der Waals surface area contributed by atoms with Crippen molar-refractivity contribution in [2.45, 2.75) is 46.1 Å². The zero-order valence-electron chi connectivity index (χ0n) is 14.3. The molecule has 0 saturated carbocycles. The first-order valence-corrected chi connectivity index (χ1v) is 7.77. The summed E-state index contributed by atoms with van der Waals surface area (Å²) >= 11 is 0. The molecule has 1 atom stereocenters. The quantitative estimate of drug-likeness (QED) is 0.306. The molecule has 1 aromatic rings. The molecule has 0 bridgehead atoms. The molecule has 0 fully saturated rings. The van der Waals surface area contributed by atoms with Crippen LogP contribution < -0.4 is 15.4 Å². The number of para-hydroxylation sites is 1. The van der Waals surface area contributed by atoms with Crippen LogP contribution in [0, 0.1) is 0 Å². The van der Waals surface area contributed by atoms with E-state index in [1.54, 1.807) is 7.05 Å². The Labute approximate surface area is 152 Å². The maximum Gasteiger partial charge on any atom is 0.191 e. The lowest BCUT2D eigenvalue weighted by Crippen LogP contribution is -2.43. The zero-order chi connectivity index (χ0) is 15.7. The van der Waals surface area contributed by atoms with E-state index in [4.69, 9.17) is 4.74 Å². The highest BCUT2D eigenvalue weighted by atomic mass is 127. The van der Waals surface area contributed by atoms with Gasteiger partial charge in [-0.3, -0.25) is 4.99 Å². The van der Waals surface area contributed by atoms with Crippen LogP contribution in [0.4, 0.5) is 0 Å². The van der Waals surface area contributed by atoms with Crippen LogP contribution in [-0.2, 0) is 0 Å². The van der Waals surface area contributed by atoms with Gasteiger partial charge in [-0.05, 0) is 30.9 Å². The number of benzene rings is 1. The van der Waals surface area contributed by atoms with Crippen LogP contribution in [0.15, 0.2) is 29.3 Å². The van der Waals surface area contributed by atoms with E-state index in [0.29, 0.717) is 18.6 Å². The van der Waals surface area contributed by atoms with Crippen LogP contribution >= 0.6 is 24.0 Å². The smallest absolute Gasteiger partial charge is 0.191 e. The first-order valence-electron chi connectivity index (χ1n) is 7.77. The normalized spacial score (nSPS) is 12.5. The van der Waals surface area contributed by atoms with Gasteiger partial charge in [-0.2, -0.15) is 0 Å². The van der Waals surface area contributed by atoms with Crippen LogP contribution in [0.2, 0.25) is 0 Å². The molecular weight excluding hydrogens is 389 g/mol. The lowest BCUT2D eigenvalue weighted by Gasteiger charge is -2.17. The van der Waals surface area contributed by atoms with Crippen LogP contribution in [0.5, 0.6) is 5.75 Å².